The summed E-state index contributed by atoms with van der Waals surface area (Å²) < 4.78 is 33.9. The van der Waals surface area contributed by atoms with Gasteiger partial charge < -0.3 is 9.84 Å². The van der Waals surface area contributed by atoms with Crippen molar-refractivity contribution in [2.75, 3.05) is 4.72 Å². The lowest BCUT2D eigenvalue weighted by atomic mass is 9.97. The first-order valence-electron chi connectivity index (χ1n) is 12.2. The monoisotopic (exact) mass is 552 g/mol. The van der Waals surface area contributed by atoms with Gasteiger partial charge in [-0.1, -0.05) is 42.5 Å². The van der Waals surface area contributed by atoms with E-state index in [0.717, 1.165) is 5.56 Å². The first-order valence-corrected chi connectivity index (χ1v) is 13.6. The molecule has 6 rings (SSSR count). The van der Waals surface area contributed by atoms with E-state index in [0.29, 0.717) is 34.5 Å². The van der Waals surface area contributed by atoms with Gasteiger partial charge in [0.05, 0.1) is 27.4 Å². The summed E-state index contributed by atoms with van der Waals surface area (Å²) in [6.45, 7) is 0. The van der Waals surface area contributed by atoms with Gasteiger partial charge in [0.1, 0.15) is 11.9 Å². The van der Waals surface area contributed by atoms with Crippen LogP contribution in [0.25, 0.3) is 5.76 Å². The van der Waals surface area contributed by atoms with Crippen LogP contribution in [0.5, 0.6) is 0 Å². The smallest absolute Gasteiger partial charge is 0.339 e. The molecule has 1 aromatic heterocycles. The van der Waals surface area contributed by atoms with Crippen molar-refractivity contribution in [2.24, 2.45) is 4.99 Å². The third-order valence-electron chi connectivity index (χ3n) is 6.54. The van der Waals surface area contributed by atoms with Crippen molar-refractivity contribution in [2.45, 2.75) is 17.4 Å². The molecule has 10 nitrogen and oxygen atoms in total. The molecule has 0 saturated carbocycles. The summed E-state index contributed by atoms with van der Waals surface area (Å²) in [7, 11) is -4.06. The maximum absolute atomic E-state index is 13.0. The van der Waals surface area contributed by atoms with E-state index in [1.165, 1.54) is 36.7 Å². The van der Waals surface area contributed by atoms with Crippen LogP contribution in [0.4, 0.5) is 11.6 Å². The predicted octanol–water partition coefficient (Wildman–Crippen LogP) is 4.60. The molecule has 11 heteroatoms. The van der Waals surface area contributed by atoms with Gasteiger partial charge in [-0.2, -0.15) is 0 Å². The highest BCUT2D eigenvalue weighted by Gasteiger charge is 2.29. The van der Waals surface area contributed by atoms with Crippen LogP contribution in [0.2, 0.25) is 0 Å². The Bertz CT molecular complexity index is 1850. The van der Waals surface area contributed by atoms with E-state index in [1.807, 2.05) is 12.1 Å². The fourth-order valence-corrected chi connectivity index (χ4v) is 5.48. The third-order valence-corrected chi connectivity index (χ3v) is 7.88. The summed E-state index contributed by atoms with van der Waals surface area (Å²) in [5.74, 6) is -1.13. The molecule has 0 bridgehead atoms. The highest BCUT2D eigenvalue weighted by Crippen LogP contribution is 2.31. The summed E-state index contributed by atoms with van der Waals surface area (Å²) in [5.41, 5.74) is 2.95. The molecule has 2 N–H and O–H groups in total. The normalized spacial score (nSPS) is 16.6. The van der Waals surface area contributed by atoms with E-state index < -0.39 is 22.1 Å². The Morgan fingerprint density at radius 1 is 0.925 bits per heavy atom. The molecular weight excluding hydrogens is 532 g/mol. The quantitative estimate of drug-likeness (QED) is 0.261. The van der Waals surface area contributed by atoms with E-state index in [2.05, 4.69) is 19.7 Å². The summed E-state index contributed by atoms with van der Waals surface area (Å²) in [6.07, 6.45) is 2.37. The molecule has 0 fully saturated rings. The van der Waals surface area contributed by atoms with Gasteiger partial charge in [0.2, 0.25) is 5.95 Å². The predicted molar refractivity (Wildman–Crippen MR) is 146 cm³/mol. The number of aliphatic hydroxyl groups excluding tert-OH is 1. The molecule has 0 unspecified atom stereocenters. The van der Waals surface area contributed by atoms with Crippen LogP contribution in [-0.4, -0.2) is 41.5 Å². The van der Waals surface area contributed by atoms with Gasteiger partial charge in [-0.15, -0.1) is 0 Å². The number of Topliss-reactive ketones (excluding diaryl/α,β-unsaturated/α-hetero) is 1. The molecule has 1 aliphatic heterocycles. The van der Waals surface area contributed by atoms with Crippen LogP contribution in [0.1, 0.15) is 43.6 Å². The fraction of sp³-hybridized carbons (Fsp3) is 0.0690. The Labute approximate surface area is 228 Å². The minimum absolute atomic E-state index is 0.0590. The summed E-state index contributed by atoms with van der Waals surface area (Å²) in [4.78, 5) is 37.4. The number of carbonyl (C=O) groups excluding carboxylic acids is 2. The second-order valence-corrected chi connectivity index (χ2v) is 10.7. The van der Waals surface area contributed by atoms with E-state index in [1.54, 1.807) is 42.5 Å². The number of esters is 1. The lowest BCUT2D eigenvalue weighted by molar-refractivity contribution is 0.0242. The zero-order valence-corrected chi connectivity index (χ0v) is 21.5. The lowest BCUT2D eigenvalue weighted by Crippen LogP contribution is -2.23. The first-order chi connectivity index (χ1) is 19.3. The number of aliphatic imine (C=N–C) groups is 1. The minimum Gasteiger partial charge on any atom is -0.506 e. The molecule has 2 heterocycles. The molecule has 1 atom stereocenters. The van der Waals surface area contributed by atoms with Gasteiger partial charge in [0.25, 0.3) is 10.0 Å². The Kier molecular flexibility index (Phi) is 6.20. The van der Waals surface area contributed by atoms with Gasteiger partial charge in [-0.05, 0) is 42.0 Å². The average Bonchev–Trinajstić information content (AvgIpc) is 3.21. The number of hydrogen-bond acceptors (Lipinski definition) is 9. The second kappa shape index (κ2) is 9.86. The van der Waals surface area contributed by atoms with Crippen molar-refractivity contribution < 1.29 is 27.9 Å². The van der Waals surface area contributed by atoms with Crippen LogP contribution >= 0.6 is 0 Å². The molecule has 40 heavy (non-hydrogen) atoms. The fourth-order valence-electron chi connectivity index (χ4n) is 4.53. The van der Waals surface area contributed by atoms with Crippen molar-refractivity contribution in [1.29, 1.82) is 0 Å². The van der Waals surface area contributed by atoms with Crippen LogP contribution in [0, 0.1) is 0 Å². The number of sulfonamides is 1. The molecular formula is C29H20N4O6S. The Hall–Kier alpha value is -5.16. The average molecular weight is 553 g/mol. The maximum atomic E-state index is 13.0. The van der Waals surface area contributed by atoms with E-state index in [4.69, 9.17) is 4.74 Å². The summed E-state index contributed by atoms with van der Waals surface area (Å²) in [6, 6.07) is 21.0. The minimum atomic E-state index is -4.06. The molecule has 2 aliphatic rings. The van der Waals surface area contributed by atoms with Gasteiger partial charge >= 0.3 is 5.97 Å². The van der Waals surface area contributed by atoms with Crippen molar-refractivity contribution >= 4 is 45.4 Å². The number of nitrogens with one attached hydrogen (secondary N) is 1. The highest BCUT2D eigenvalue weighted by molar-refractivity contribution is 7.92. The number of cyclic esters (lactones) is 1. The van der Waals surface area contributed by atoms with Crippen LogP contribution in [-0.2, 0) is 21.2 Å². The van der Waals surface area contributed by atoms with Gasteiger partial charge in [-0.3, -0.25) is 9.79 Å². The summed E-state index contributed by atoms with van der Waals surface area (Å²) in [5, 5.41) is 10.4. The van der Waals surface area contributed by atoms with Gasteiger partial charge in [0, 0.05) is 30.0 Å². The number of hydrogen-bond donors (Lipinski definition) is 2. The van der Waals surface area contributed by atoms with Crippen molar-refractivity contribution in [3.63, 3.8) is 0 Å². The molecule has 1 aliphatic carbocycles. The first kappa shape index (κ1) is 25.1. The molecule has 0 radical (unpaired) electrons. The van der Waals surface area contributed by atoms with Crippen molar-refractivity contribution in [3.8, 4) is 0 Å². The van der Waals surface area contributed by atoms with Crippen molar-refractivity contribution in [3.05, 3.63) is 119 Å². The number of anilines is 1. The molecule has 3 aromatic carbocycles. The number of aromatic nitrogens is 2. The van der Waals surface area contributed by atoms with E-state index in [9.17, 15) is 23.1 Å². The van der Waals surface area contributed by atoms with Crippen LogP contribution in [0.15, 0.2) is 101 Å². The summed E-state index contributed by atoms with van der Waals surface area (Å²) >= 11 is 0. The number of allylic oxidation sites excluding steroid dienone is 1. The number of rotatable bonds is 6. The SMILES string of the molecule is O=C1O[C@@H](c2ccnc(NS(=O)(=O)c3ccc(N=CC4=C(O)c5ccccc5C4=O)cc3)n2)Cc2ccccc21. The lowest BCUT2D eigenvalue weighted by Gasteiger charge is -2.24. The van der Waals surface area contributed by atoms with Gasteiger partial charge in [-0.25, -0.2) is 27.9 Å². The number of fused-ring (bicyclic) bond motifs is 2. The zero-order chi connectivity index (χ0) is 27.9. The Morgan fingerprint density at radius 2 is 1.62 bits per heavy atom. The maximum Gasteiger partial charge on any atom is 0.339 e. The number of aliphatic hydroxyl groups is 1. The zero-order valence-electron chi connectivity index (χ0n) is 20.7. The Balaban J connectivity index is 1.17. The number of ketones is 1. The van der Waals surface area contributed by atoms with Crippen molar-refractivity contribution in [1.82, 2.24) is 9.97 Å². The molecule has 4 aromatic rings. The third kappa shape index (κ3) is 4.63. The molecule has 198 valence electrons. The second-order valence-electron chi connectivity index (χ2n) is 9.05. The molecule has 0 amide bonds. The van der Waals surface area contributed by atoms with E-state index in [-0.39, 0.29) is 28.0 Å². The topological polar surface area (TPSA) is 148 Å². The van der Waals surface area contributed by atoms with Gasteiger partial charge in [0.15, 0.2) is 5.78 Å². The standard InChI is InChI=1S/C29H20N4O6S/c34-26-21-7-3-4-8-22(21)27(35)23(26)16-31-18-9-11-19(12-10-18)40(37,38)33-29-30-14-13-24(32-29)25-15-17-5-1-2-6-20(17)28(36)39-25/h1-14,16,25,34H,15H2,(H,30,32,33)/t25-/m1/s1. The largest absolute Gasteiger partial charge is 0.506 e. The van der Waals surface area contributed by atoms with E-state index >= 15 is 0 Å². The number of ether oxygens (including phenoxy) is 1. The number of benzene rings is 3. The number of carbonyl (C=O) groups is 2. The van der Waals surface area contributed by atoms with Crippen LogP contribution in [0.3, 0.4) is 0 Å². The van der Waals surface area contributed by atoms with Crippen LogP contribution < -0.4 is 4.72 Å². The Morgan fingerprint density at radius 3 is 2.38 bits per heavy atom. The molecule has 0 spiro atoms. The highest BCUT2D eigenvalue weighted by atomic mass is 32.2. The molecule has 0 saturated heterocycles. The number of nitrogens with zero attached hydrogens (tertiary/aromatic N) is 3.